The molecule has 2 aromatic carbocycles. The maximum absolute atomic E-state index is 12.7. The largest absolute Gasteiger partial charge is 0.495 e. The molecule has 0 aliphatic carbocycles. The molecule has 0 radical (unpaired) electrons. The van der Waals surface area contributed by atoms with Crippen molar-refractivity contribution in [3.05, 3.63) is 53.1 Å². The van der Waals surface area contributed by atoms with Crippen LogP contribution < -0.4 is 14.8 Å². The van der Waals surface area contributed by atoms with Crippen LogP contribution in [0.3, 0.4) is 0 Å². The Morgan fingerprint density at radius 1 is 1.18 bits per heavy atom. The summed E-state index contributed by atoms with van der Waals surface area (Å²) in [5.74, 6) is -0.557. The molecule has 0 aliphatic heterocycles. The van der Waals surface area contributed by atoms with Crippen molar-refractivity contribution < 1.29 is 31.1 Å². The Labute approximate surface area is 164 Å². The molecule has 6 nitrogen and oxygen atoms in total. The summed E-state index contributed by atoms with van der Waals surface area (Å²) in [6.07, 6.45) is -4.57. The molecule has 2 rings (SSSR count). The highest BCUT2D eigenvalue weighted by molar-refractivity contribution is 7.89. The molecular weight excluding hydrogens is 421 g/mol. The minimum absolute atomic E-state index is 0.0615. The van der Waals surface area contributed by atoms with Gasteiger partial charge in [-0.2, -0.15) is 17.9 Å². The monoisotopic (exact) mass is 436 g/mol. The van der Waals surface area contributed by atoms with Crippen LogP contribution in [0.1, 0.15) is 12.5 Å². The topological polar surface area (TPSA) is 84.5 Å². The van der Waals surface area contributed by atoms with E-state index < -0.39 is 33.7 Å². The third-order valence-corrected chi connectivity index (χ3v) is 5.45. The number of nitrogens with one attached hydrogen (secondary N) is 2. The summed E-state index contributed by atoms with van der Waals surface area (Å²) >= 11 is 5.91. The number of carbonyl (C=O) groups is 1. The van der Waals surface area contributed by atoms with Crippen LogP contribution in [-0.2, 0) is 21.0 Å². The molecule has 152 valence electrons. The van der Waals surface area contributed by atoms with E-state index in [1.165, 1.54) is 32.2 Å². The smallest absolute Gasteiger partial charge is 0.416 e. The molecular formula is C17H16ClF3N2O4S. The highest BCUT2D eigenvalue weighted by atomic mass is 35.5. The molecule has 28 heavy (non-hydrogen) atoms. The van der Waals surface area contributed by atoms with E-state index in [0.29, 0.717) is 0 Å². The zero-order valence-electron chi connectivity index (χ0n) is 14.7. The number of alkyl halides is 3. The number of methoxy groups -OCH3 is 1. The van der Waals surface area contributed by atoms with Crippen LogP contribution in [0.4, 0.5) is 18.9 Å². The lowest BCUT2D eigenvalue weighted by molar-refractivity contribution is -0.137. The van der Waals surface area contributed by atoms with Gasteiger partial charge in [-0.05, 0) is 43.3 Å². The molecule has 0 fully saturated rings. The first-order valence-corrected chi connectivity index (χ1v) is 9.64. The van der Waals surface area contributed by atoms with Gasteiger partial charge in [-0.15, -0.1) is 0 Å². The summed E-state index contributed by atoms with van der Waals surface area (Å²) < 4.78 is 70.1. The van der Waals surface area contributed by atoms with Gasteiger partial charge in [0.2, 0.25) is 15.9 Å². The molecule has 0 saturated carbocycles. The predicted molar refractivity (Wildman–Crippen MR) is 97.9 cm³/mol. The van der Waals surface area contributed by atoms with Crippen molar-refractivity contribution in [2.24, 2.45) is 0 Å². The third kappa shape index (κ3) is 5.37. The zero-order chi connectivity index (χ0) is 21.1. The van der Waals surface area contributed by atoms with Gasteiger partial charge in [-0.25, -0.2) is 8.42 Å². The number of hydrogen-bond acceptors (Lipinski definition) is 4. The summed E-state index contributed by atoms with van der Waals surface area (Å²) in [6.45, 7) is 1.26. The second-order valence-corrected chi connectivity index (χ2v) is 7.83. The second kappa shape index (κ2) is 8.38. The molecule has 0 aliphatic rings. The van der Waals surface area contributed by atoms with Crippen molar-refractivity contribution >= 4 is 33.2 Å². The van der Waals surface area contributed by atoms with E-state index >= 15 is 0 Å². The Bertz CT molecular complexity index is 981. The normalized spacial score (nSPS) is 13.1. The number of benzene rings is 2. The summed E-state index contributed by atoms with van der Waals surface area (Å²) in [7, 11) is -2.74. The Morgan fingerprint density at radius 3 is 2.43 bits per heavy atom. The van der Waals surface area contributed by atoms with Crippen LogP contribution >= 0.6 is 11.6 Å². The van der Waals surface area contributed by atoms with E-state index in [4.69, 9.17) is 16.3 Å². The second-order valence-electron chi connectivity index (χ2n) is 5.71. The summed E-state index contributed by atoms with van der Waals surface area (Å²) in [5.41, 5.74) is -1.05. The molecule has 2 aromatic rings. The fourth-order valence-corrected chi connectivity index (χ4v) is 3.74. The first kappa shape index (κ1) is 22.0. The molecule has 0 aromatic heterocycles. The number of rotatable bonds is 6. The van der Waals surface area contributed by atoms with Crippen molar-refractivity contribution in [3.8, 4) is 5.75 Å². The number of carbonyl (C=O) groups excluding carboxylic acids is 1. The molecule has 1 atom stereocenters. The summed E-state index contributed by atoms with van der Waals surface area (Å²) in [6, 6.07) is 6.48. The van der Waals surface area contributed by atoms with E-state index in [9.17, 15) is 26.4 Å². The SMILES string of the molecule is COc1ccc(S(=O)(=O)NC(C)C(=O)Nc2cccc(C(F)(F)F)c2)cc1Cl. The number of ether oxygens (including phenoxy) is 1. The quantitative estimate of drug-likeness (QED) is 0.723. The molecule has 0 saturated heterocycles. The molecule has 1 unspecified atom stereocenters. The van der Waals surface area contributed by atoms with Crippen LogP contribution in [0.25, 0.3) is 0 Å². The average molecular weight is 437 g/mol. The summed E-state index contributed by atoms with van der Waals surface area (Å²) in [4.78, 5) is 12.0. The van der Waals surface area contributed by atoms with Crippen molar-refractivity contribution in [1.82, 2.24) is 4.72 Å². The van der Waals surface area contributed by atoms with E-state index in [-0.39, 0.29) is 21.4 Å². The molecule has 1 amide bonds. The fraction of sp³-hybridized carbons (Fsp3) is 0.235. The minimum Gasteiger partial charge on any atom is -0.495 e. The lowest BCUT2D eigenvalue weighted by Crippen LogP contribution is -2.41. The van der Waals surface area contributed by atoms with Crippen molar-refractivity contribution in [1.29, 1.82) is 0 Å². The summed E-state index contributed by atoms with van der Waals surface area (Å²) in [5, 5.41) is 2.31. The van der Waals surface area contributed by atoms with E-state index in [0.717, 1.165) is 24.3 Å². The van der Waals surface area contributed by atoms with Gasteiger partial charge >= 0.3 is 6.18 Å². The lowest BCUT2D eigenvalue weighted by atomic mass is 10.2. The van der Waals surface area contributed by atoms with Gasteiger partial charge in [-0.1, -0.05) is 17.7 Å². The van der Waals surface area contributed by atoms with Crippen LogP contribution in [0.15, 0.2) is 47.4 Å². The number of hydrogen-bond donors (Lipinski definition) is 2. The van der Waals surface area contributed by atoms with Crippen LogP contribution in [-0.4, -0.2) is 27.5 Å². The van der Waals surface area contributed by atoms with Gasteiger partial charge in [0.05, 0.1) is 28.6 Å². The highest BCUT2D eigenvalue weighted by Crippen LogP contribution is 2.31. The lowest BCUT2D eigenvalue weighted by Gasteiger charge is -2.16. The van der Waals surface area contributed by atoms with Gasteiger partial charge in [0.1, 0.15) is 5.75 Å². The Balaban J connectivity index is 2.12. The highest BCUT2D eigenvalue weighted by Gasteiger charge is 2.30. The van der Waals surface area contributed by atoms with E-state index in [2.05, 4.69) is 10.0 Å². The van der Waals surface area contributed by atoms with E-state index in [1.807, 2.05) is 0 Å². The Morgan fingerprint density at radius 2 is 1.86 bits per heavy atom. The molecule has 0 spiro atoms. The van der Waals surface area contributed by atoms with Crippen LogP contribution in [0, 0.1) is 0 Å². The number of anilines is 1. The van der Waals surface area contributed by atoms with Crippen LogP contribution in [0.2, 0.25) is 5.02 Å². The van der Waals surface area contributed by atoms with Crippen LogP contribution in [0.5, 0.6) is 5.75 Å². The van der Waals surface area contributed by atoms with Crippen molar-refractivity contribution in [3.63, 3.8) is 0 Å². The van der Waals surface area contributed by atoms with Gasteiger partial charge in [0.15, 0.2) is 0 Å². The fourth-order valence-electron chi connectivity index (χ4n) is 2.19. The number of sulfonamides is 1. The molecule has 2 N–H and O–H groups in total. The Hall–Kier alpha value is -2.30. The average Bonchev–Trinajstić information content (AvgIpc) is 2.60. The van der Waals surface area contributed by atoms with Gasteiger partial charge in [-0.3, -0.25) is 4.79 Å². The first-order chi connectivity index (χ1) is 12.9. The predicted octanol–water partition coefficient (Wildman–Crippen LogP) is 3.67. The molecule has 0 bridgehead atoms. The van der Waals surface area contributed by atoms with Gasteiger partial charge < -0.3 is 10.1 Å². The van der Waals surface area contributed by atoms with Gasteiger partial charge in [0, 0.05) is 5.69 Å². The number of amides is 1. The molecule has 0 heterocycles. The molecule has 11 heteroatoms. The van der Waals surface area contributed by atoms with Crippen molar-refractivity contribution in [2.75, 3.05) is 12.4 Å². The standard InChI is InChI=1S/C17H16ClF3N2O4S/c1-10(16(24)22-12-5-3-4-11(8-12)17(19,20)21)23-28(25,26)13-6-7-15(27-2)14(18)9-13/h3-10,23H,1-2H3,(H,22,24). The third-order valence-electron chi connectivity index (χ3n) is 3.62. The number of halogens is 4. The van der Waals surface area contributed by atoms with E-state index in [1.54, 1.807) is 0 Å². The van der Waals surface area contributed by atoms with Crippen molar-refractivity contribution in [2.45, 2.75) is 24.0 Å². The maximum atomic E-state index is 12.7. The Kier molecular flexibility index (Phi) is 6.58. The zero-order valence-corrected chi connectivity index (χ0v) is 16.2. The minimum atomic E-state index is -4.57. The maximum Gasteiger partial charge on any atom is 0.416 e. The van der Waals surface area contributed by atoms with Gasteiger partial charge in [0.25, 0.3) is 0 Å². The first-order valence-electron chi connectivity index (χ1n) is 7.78.